The maximum Gasteiger partial charge on any atom is 0.332 e. The summed E-state index contributed by atoms with van der Waals surface area (Å²) in [4.78, 5) is 29.9. The summed E-state index contributed by atoms with van der Waals surface area (Å²) in [5, 5.41) is 10.3. The minimum Gasteiger partial charge on any atom is -0.495 e. The number of nitrogens with one attached hydrogen (secondary N) is 1. The minimum absolute atomic E-state index is 0.164. The average Bonchev–Trinajstić information content (AvgIpc) is 3.15. The van der Waals surface area contributed by atoms with Crippen molar-refractivity contribution >= 4 is 40.1 Å². The first-order valence-electron chi connectivity index (χ1n) is 9.82. The van der Waals surface area contributed by atoms with Crippen LogP contribution in [0.5, 0.6) is 5.75 Å². The van der Waals surface area contributed by atoms with Gasteiger partial charge in [0.15, 0.2) is 11.2 Å². The topological polar surface area (TPSA) is 98.7 Å². The molecule has 164 valence electrons. The van der Waals surface area contributed by atoms with Crippen molar-refractivity contribution in [1.29, 1.82) is 0 Å². The van der Waals surface area contributed by atoms with Gasteiger partial charge in [-0.1, -0.05) is 11.6 Å². The number of aromatic nitrogens is 4. The zero-order chi connectivity index (χ0) is 22.4. The van der Waals surface area contributed by atoms with Crippen molar-refractivity contribution in [3.05, 3.63) is 44.1 Å². The van der Waals surface area contributed by atoms with Gasteiger partial charge in [0.2, 0.25) is 5.95 Å². The number of aryl methyl sites for hydroxylation is 1. The number of ether oxygens (including phenoxy) is 1. The van der Waals surface area contributed by atoms with E-state index < -0.39 is 5.69 Å². The van der Waals surface area contributed by atoms with E-state index in [1.165, 1.54) is 11.6 Å². The van der Waals surface area contributed by atoms with Crippen molar-refractivity contribution in [1.82, 2.24) is 18.7 Å². The van der Waals surface area contributed by atoms with E-state index in [1.807, 2.05) is 18.4 Å². The van der Waals surface area contributed by atoms with Crippen LogP contribution >= 0.6 is 11.6 Å². The molecule has 0 amide bonds. The Hall–Kier alpha value is -3.27. The van der Waals surface area contributed by atoms with Crippen molar-refractivity contribution in [2.45, 2.75) is 19.9 Å². The Bertz CT molecular complexity index is 1320. The SMILES string of the molecule is COc1ccc(Cl)cc1NCCN1N=C(C)[C@H](C)n2c1nc1c2c(=O)n(C)c(=O)n1C. The summed E-state index contributed by atoms with van der Waals surface area (Å²) in [6.07, 6.45) is 0. The quantitative estimate of drug-likeness (QED) is 0.644. The third-order valence-electron chi connectivity index (χ3n) is 5.57. The summed E-state index contributed by atoms with van der Waals surface area (Å²) in [6.45, 7) is 4.85. The Morgan fingerprint density at radius 2 is 1.97 bits per heavy atom. The van der Waals surface area contributed by atoms with E-state index >= 15 is 0 Å². The maximum atomic E-state index is 12.9. The van der Waals surface area contributed by atoms with E-state index in [0.29, 0.717) is 41.0 Å². The van der Waals surface area contributed by atoms with E-state index in [2.05, 4.69) is 15.4 Å². The van der Waals surface area contributed by atoms with Crippen molar-refractivity contribution < 1.29 is 4.74 Å². The van der Waals surface area contributed by atoms with Crippen LogP contribution in [0.3, 0.4) is 0 Å². The number of imidazole rings is 1. The second-order valence-electron chi connectivity index (χ2n) is 7.47. The number of hydrogen-bond donors (Lipinski definition) is 1. The summed E-state index contributed by atoms with van der Waals surface area (Å²) in [7, 11) is 4.68. The van der Waals surface area contributed by atoms with Crippen LogP contribution in [0.15, 0.2) is 32.9 Å². The molecule has 1 aliphatic heterocycles. The molecule has 0 spiro atoms. The number of hydrazone groups is 1. The average molecular weight is 446 g/mol. The summed E-state index contributed by atoms with van der Waals surface area (Å²) in [5.74, 6) is 1.20. The molecule has 0 fully saturated rings. The van der Waals surface area contributed by atoms with Crippen LogP contribution in [0, 0.1) is 0 Å². The van der Waals surface area contributed by atoms with Crippen LogP contribution in [-0.4, -0.2) is 44.6 Å². The van der Waals surface area contributed by atoms with E-state index in [0.717, 1.165) is 16.0 Å². The highest BCUT2D eigenvalue weighted by Gasteiger charge is 2.30. The summed E-state index contributed by atoms with van der Waals surface area (Å²) in [5.41, 5.74) is 1.54. The molecule has 4 rings (SSSR count). The Kier molecular flexibility index (Phi) is 5.26. The summed E-state index contributed by atoms with van der Waals surface area (Å²) >= 11 is 6.10. The Balaban J connectivity index is 1.71. The maximum absolute atomic E-state index is 12.9. The highest BCUT2D eigenvalue weighted by molar-refractivity contribution is 6.30. The van der Waals surface area contributed by atoms with Crippen LogP contribution < -0.4 is 26.3 Å². The molecule has 11 heteroatoms. The zero-order valence-electron chi connectivity index (χ0n) is 18.0. The fourth-order valence-electron chi connectivity index (χ4n) is 3.72. The molecule has 2 aromatic heterocycles. The van der Waals surface area contributed by atoms with Gasteiger partial charge in [0.05, 0.1) is 31.1 Å². The van der Waals surface area contributed by atoms with E-state index in [9.17, 15) is 9.59 Å². The molecule has 0 radical (unpaired) electrons. The number of anilines is 2. The van der Waals surface area contributed by atoms with Gasteiger partial charge in [0.25, 0.3) is 5.56 Å². The lowest BCUT2D eigenvalue weighted by atomic mass is 10.2. The molecular weight excluding hydrogens is 422 g/mol. The van der Waals surface area contributed by atoms with Crippen LogP contribution in [0.25, 0.3) is 11.2 Å². The fraction of sp³-hybridized carbons (Fsp3) is 0.400. The van der Waals surface area contributed by atoms with Crippen LogP contribution in [0.1, 0.15) is 19.9 Å². The molecule has 0 saturated heterocycles. The molecule has 0 unspecified atom stereocenters. The van der Waals surface area contributed by atoms with Gasteiger partial charge in [-0.05, 0) is 32.0 Å². The number of methoxy groups -OCH3 is 1. The molecule has 3 aromatic rings. The van der Waals surface area contributed by atoms with Crippen LogP contribution in [0.4, 0.5) is 11.6 Å². The molecule has 3 heterocycles. The number of benzene rings is 1. The molecule has 0 bridgehead atoms. The van der Waals surface area contributed by atoms with E-state index in [-0.39, 0.29) is 11.6 Å². The van der Waals surface area contributed by atoms with Crippen LogP contribution in [0.2, 0.25) is 5.02 Å². The van der Waals surface area contributed by atoms with Gasteiger partial charge >= 0.3 is 5.69 Å². The highest BCUT2D eigenvalue weighted by Crippen LogP contribution is 2.30. The van der Waals surface area contributed by atoms with Crippen molar-refractivity contribution in [3.63, 3.8) is 0 Å². The van der Waals surface area contributed by atoms with Crippen LogP contribution in [-0.2, 0) is 14.1 Å². The molecule has 1 N–H and O–H groups in total. The standard InChI is InChI=1S/C20H24ClN7O3/c1-11-12(2)28-16-17(25(3)20(30)26(4)18(16)29)23-19(28)27(24-11)9-8-22-14-10-13(21)6-7-15(14)31-5/h6-7,10,12,22H,8-9H2,1-5H3/t12-/m0/s1. The molecule has 0 saturated carbocycles. The molecule has 1 atom stereocenters. The van der Waals surface area contributed by atoms with Gasteiger partial charge in [-0.15, -0.1) is 0 Å². The molecule has 10 nitrogen and oxygen atoms in total. The van der Waals surface area contributed by atoms with Gasteiger partial charge in [-0.25, -0.2) is 9.80 Å². The van der Waals surface area contributed by atoms with Crippen molar-refractivity contribution in [2.75, 3.05) is 30.5 Å². The first-order valence-corrected chi connectivity index (χ1v) is 10.2. The normalized spacial score (nSPS) is 15.7. The predicted molar refractivity (Wildman–Crippen MR) is 122 cm³/mol. The number of rotatable bonds is 5. The molecule has 0 aliphatic carbocycles. The summed E-state index contributed by atoms with van der Waals surface area (Å²) in [6, 6.07) is 5.19. The highest BCUT2D eigenvalue weighted by atomic mass is 35.5. The number of nitrogens with zero attached hydrogens (tertiary/aromatic N) is 6. The molecule has 1 aromatic carbocycles. The van der Waals surface area contributed by atoms with Gasteiger partial charge < -0.3 is 10.1 Å². The third kappa shape index (κ3) is 3.36. The van der Waals surface area contributed by atoms with Gasteiger partial charge in [0.1, 0.15) is 5.75 Å². The van der Waals surface area contributed by atoms with Gasteiger partial charge in [0, 0.05) is 25.7 Å². The first kappa shape index (κ1) is 21.0. The number of halogens is 1. The lowest BCUT2D eigenvalue weighted by molar-refractivity contribution is 0.416. The molecule has 1 aliphatic rings. The van der Waals surface area contributed by atoms with Gasteiger partial charge in [-0.2, -0.15) is 10.1 Å². The second kappa shape index (κ2) is 7.77. The molecule has 31 heavy (non-hydrogen) atoms. The zero-order valence-corrected chi connectivity index (χ0v) is 18.8. The smallest absolute Gasteiger partial charge is 0.332 e. The van der Waals surface area contributed by atoms with E-state index in [4.69, 9.17) is 16.3 Å². The first-order chi connectivity index (χ1) is 14.7. The number of fused-ring (bicyclic) bond motifs is 3. The Labute approximate surface area is 183 Å². The monoisotopic (exact) mass is 445 g/mol. The Morgan fingerprint density at radius 1 is 1.23 bits per heavy atom. The fourth-order valence-corrected chi connectivity index (χ4v) is 3.89. The lowest BCUT2D eigenvalue weighted by Crippen LogP contribution is -2.39. The second-order valence-corrected chi connectivity index (χ2v) is 7.91. The predicted octanol–water partition coefficient (Wildman–Crippen LogP) is 1.96. The van der Waals surface area contributed by atoms with Crippen molar-refractivity contribution in [2.24, 2.45) is 19.2 Å². The summed E-state index contributed by atoms with van der Waals surface area (Å²) < 4.78 is 9.70. The largest absolute Gasteiger partial charge is 0.495 e. The number of hydrogen-bond acceptors (Lipinski definition) is 7. The van der Waals surface area contributed by atoms with E-state index in [1.54, 1.807) is 37.4 Å². The lowest BCUT2D eigenvalue weighted by Gasteiger charge is -2.29. The van der Waals surface area contributed by atoms with Gasteiger partial charge in [-0.3, -0.25) is 18.5 Å². The Morgan fingerprint density at radius 3 is 2.68 bits per heavy atom. The third-order valence-corrected chi connectivity index (χ3v) is 5.81. The minimum atomic E-state index is -0.417. The van der Waals surface area contributed by atoms with Crippen molar-refractivity contribution in [3.8, 4) is 5.75 Å². The molecular formula is C20H24ClN7O3.